The van der Waals surface area contributed by atoms with E-state index in [0.717, 1.165) is 17.4 Å². The smallest absolute Gasteiger partial charge is 0.280 e. The third-order valence-corrected chi connectivity index (χ3v) is 3.90. The van der Waals surface area contributed by atoms with Gasteiger partial charge < -0.3 is 9.84 Å². The van der Waals surface area contributed by atoms with Crippen LogP contribution in [0.1, 0.15) is 52.6 Å². The number of fused-ring (bicyclic) bond motifs is 1. The molecule has 3 aromatic rings. The van der Waals surface area contributed by atoms with Gasteiger partial charge in [-0.2, -0.15) is 5.10 Å². The van der Waals surface area contributed by atoms with E-state index in [1.807, 2.05) is 0 Å². The summed E-state index contributed by atoms with van der Waals surface area (Å²) in [5.74, 6) is -0.262. The van der Waals surface area contributed by atoms with Crippen LogP contribution in [0.3, 0.4) is 0 Å². The summed E-state index contributed by atoms with van der Waals surface area (Å²) in [6.07, 6.45) is 1.80. The standard InChI is InChI=1S/C15H13F2N5O2/c16-13(17)12-5-11(8-1-2-8)20-14-10(7-19-22(12)14)15(23)18-6-9-3-4-24-21-9/h3-5,7-8,13H,1-2,6H2,(H,18,23). The summed E-state index contributed by atoms with van der Waals surface area (Å²) in [5, 5.41) is 10.2. The molecule has 1 amide bonds. The first-order valence-electron chi connectivity index (χ1n) is 7.47. The Labute approximate surface area is 134 Å². The van der Waals surface area contributed by atoms with Crippen molar-refractivity contribution >= 4 is 11.6 Å². The van der Waals surface area contributed by atoms with Gasteiger partial charge >= 0.3 is 0 Å². The van der Waals surface area contributed by atoms with Gasteiger partial charge in [0.25, 0.3) is 12.3 Å². The maximum Gasteiger partial charge on any atom is 0.280 e. The summed E-state index contributed by atoms with van der Waals surface area (Å²) in [5.41, 5.74) is 1.19. The summed E-state index contributed by atoms with van der Waals surface area (Å²) < 4.78 is 32.3. The summed E-state index contributed by atoms with van der Waals surface area (Å²) >= 11 is 0. The van der Waals surface area contributed by atoms with Crippen molar-refractivity contribution in [1.29, 1.82) is 0 Å². The van der Waals surface area contributed by atoms with Crippen molar-refractivity contribution in [3.63, 3.8) is 0 Å². The topological polar surface area (TPSA) is 85.3 Å². The predicted octanol–water partition coefficient (Wildman–Crippen LogP) is 2.46. The van der Waals surface area contributed by atoms with E-state index in [1.54, 1.807) is 6.07 Å². The Morgan fingerprint density at radius 1 is 1.46 bits per heavy atom. The van der Waals surface area contributed by atoms with Gasteiger partial charge in [-0.3, -0.25) is 4.79 Å². The van der Waals surface area contributed by atoms with Crippen LogP contribution in [0.5, 0.6) is 0 Å². The number of rotatable bonds is 5. The van der Waals surface area contributed by atoms with Gasteiger partial charge in [-0.1, -0.05) is 5.16 Å². The highest BCUT2D eigenvalue weighted by molar-refractivity contribution is 5.99. The van der Waals surface area contributed by atoms with E-state index in [4.69, 9.17) is 0 Å². The summed E-state index contributed by atoms with van der Waals surface area (Å²) in [6, 6.07) is 2.99. The maximum atomic E-state index is 13.3. The highest BCUT2D eigenvalue weighted by atomic mass is 19.3. The van der Waals surface area contributed by atoms with Crippen molar-refractivity contribution in [3.05, 3.63) is 47.2 Å². The Hall–Kier alpha value is -2.84. The van der Waals surface area contributed by atoms with Gasteiger partial charge in [0.05, 0.1) is 12.7 Å². The lowest BCUT2D eigenvalue weighted by molar-refractivity contribution is 0.0951. The molecule has 124 valence electrons. The number of carbonyl (C=O) groups is 1. The Bertz CT molecular complexity index is 887. The molecule has 1 aliphatic carbocycles. The van der Waals surface area contributed by atoms with Crippen molar-refractivity contribution in [3.8, 4) is 0 Å². The zero-order valence-corrected chi connectivity index (χ0v) is 12.4. The average Bonchev–Trinajstić information content (AvgIpc) is 3.12. The molecule has 1 saturated carbocycles. The molecular weight excluding hydrogens is 320 g/mol. The molecular formula is C15H13F2N5O2. The van der Waals surface area contributed by atoms with Gasteiger partial charge in [0, 0.05) is 17.7 Å². The third kappa shape index (κ3) is 2.61. The van der Waals surface area contributed by atoms with Gasteiger partial charge in [0.15, 0.2) is 5.65 Å². The van der Waals surface area contributed by atoms with E-state index in [1.165, 1.54) is 18.5 Å². The van der Waals surface area contributed by atoms with Crippen LogP contribution in [0.25, 0.3) is 5.65 Å². The van der Waals surface area contributed by atoms with Crippen molar-refractivity contribution in [2.24, 2.45) is 0 Å². The molecule has 1 fully saturated rings. The quantitative estimate of drug-likeness (QED) is 0.775. The second-order valence-electron chi connectivity index (χ2n) is 5.65. The fraction of sp³-hybridized carbons (Fsp3) is 0.333. The largest absolute Gasteiger partial charge is 0.364 e. The first kappa shape index (κ1) is 14.7. The third-order valence-electron chi connectivity index (χ3n) is 3.90. The summed E-state index contributed by atoms with van der Waals surface area (Å²) in [6.45, 7) is 0.163. The minimum atomic E-state index is -2.70. The molecule has 0 saturated heterocycles. The molecule has 3 aromatic heterocycles. The van der Waals surface area contributed by atoms with Gasteiger partial charge in [0.1, 0.15) is 23.2 Å². The number of hydrogen-bond donors (Lipinski definition) is 1. The fourth-order valence-corrected chi connectivity index (χ4v) is 2.50. The van der Waals surface area contributed by atoms with Gasteiger partial charge in [-0.25, -0.2) is 18.3 Å². The van der Waals surface area contributed by atoms with E-state index in [0.29, 0.717) is 11.4 Å². The molecule has 0 aromatic carbocycles. The van der Waals surface area contributed by atoms with E-state index < -0.39 is 12.3 Å². The molecule has 0 radical (unpaired) electrons. The number of carbonyl (C=O) groups excluding carboxylic acids is 1. The minimum Gasteiger partial charge on any atom is -0.364 e. The highest BCUT2D eigenvalue weighted by Crippen LogP contribution is 2.40. The van der Waals surface area contributed by atoms with E-state index >= 15 is 0 Å². The normalized spacial score (nSPS) is 14.5. The van der Waals surface area contributed by atoms with Crippen molar-refractivity contribution in [2.45, 2.75) is 31.7 Å². The van der Waals surface area contributed by atoms with Gasteiger partial charge in [0.2, 0.25) is 0 Å². The number of amides is 1. The molecule has 1 N–H and O–H groups in total. The van der Waals surface area contributed by atoms with Crippen molar-refractivity contribution in [2.75, 3.05) is 0 Å². The molecule has 0 bridgehead atoms. The van der Waals surface area contributed by atoms with Crippen LogP contribution in [0, 0.1) is 0 Å². The van der Waals surface area contributed by atoms with E-state index in [9.17, 15) is 13.6 Å². The highest BCUT2D eigenvalue weighted by Gasteiger charge is 2.29. The summed E-state index contributed by atoms with van der Waals surface area (Å²) in [4.78, 5) is 16.7. The van der Waals surface area contributed by atoms with Crippen LogP contribution in [0.4, 0.5) is 8.78 Å². The van der Waals surface area contributed by atoms with E-state index in [2.05, 4.69) is 25.1 Å². The first-order valence-corrected chi connectivity index (χ1v) is 7.47. The van der Waals surface area contributed by atoms with E-state index in [-0.39, 0.29) is 29.4 Å². The van der Waals surface area contributed by atoms with Crippen molar-refractivity contribution in [1.82, 2.24) is 25.1 Å². The lowest BCUT2D eigenvalue weighted by Gasteiger charge is -2.07. The van der Waals surface area contributed by atoms with Gasteiger partial charge in [-0.15, -0.1) is 0 Å². The van der Waals surface area contributed by atoms with Crippen LogP contribution in [-0.2, 0) is 6.54 Å². The number of nitrogens with one attached hydrogen (secondary N) is 1. The Morgan fingerprint density at radius 2 is 2.29 bits per heavy atom. The Morgan fingerprint density at radius 3 is 2.96 bits per heavy atom. The molecule has 3 heterocycles. The van der Waals surface area contributed by atoms with Crippen LogP contribution < -0.4 is 5.32 Å². The molecule has 0 unspecified atom stereocenters. The fourth-order valence-electron chi connectivity index (χ4n) is 2.50. The molecule has 0 spiro atoms. The predicted molar refractivity (Wildman–Crippen MR) is 77.6 cm³/mol. The maximum absolute atomic E-state index is 13.3. The van der Waals surface area contributed by atoms with Crippen LogP contribution in [0.2, 0.25) is 0 Å². The monoisotopic (exact) mass is 333 g/mol. The number of nitrogens with zero attached hydrogens (tertiary/aromatic N) is 4. The molecule has 0 aliphatic heterocycles. The number of hydrogen-bond acceptors (Lipinski definition) is 5. The van der Waals surface area contributed by atoms with Crippen LogP contribution >= 0.6 is 0 Å². The molecule has 9 heteroatoms. The zero-order valence-electron chi connectivity index (χ0n) is 12.4. The van der Waals surface area contributed by atoms with Crippen molar-refractivity contribution < 1.29 is 18.1 Å². The number of alkyl halides is 2. The SMILES string of the molecule is O=C(NCc1ccon1)c1cnn2c(C(F)F)cc(C3CC3)nc12. The minimum absolute atomic E-state index is 0.146. The zero-order chi connectivity index (χ0) is 16.7. The molecule has 1 aliphatic rings. The molecule has 0 atom stereocenters. The Balaban J connectivity index is 1.68. The lowest BCUT2D eigenvalue weighted by atomic mass is 10.2. The molecule has 24 heavy (non-hydrogen) atoms. The Kier molecular flexibility index (Phi) is 3.47. The lowest BCUT2D eigenvalue weighted by Crippen LogP contribution is -2.23. The second kappa shape index (κ2) is 5.66. The molecule has 4 rings (SSSR count). The number of aromatic nitrogens is 4. The average molecular weight is 333 g/mol. The summed E-state index contributed by atoms with van der Waals surface area (Å²) in [7, 11) is 0. The molecule has 7 nitrogen and oxygen atoms in total. The van der Waals surface area contributed by atoms with Crippen LogP contribution in [-0.4, -0.2) is 25.7 Å². The van der Waals surface area contributed by atoms with Gasteiger partial charge in [-0.05, 0) is 18.9 Å². The second-order valence-corrected chi connectivity index (χ2v) is 5.65. The first-order chi connectivity index (χ1) is 11.6. The van der Waals surface area contributed by atoms with Crippen LogP contribution in [0.15, 0.2) is 29.1 Å². The number of halogens is 2.